The highest BCUT2D eigenvalue weighted by Gasteiger charge is 2.45. The molecule has 0 aromatic carbocycles. The van der Waals surface area contributed by atoms with E-state index in [4.69, 9.17) is 0 Å². The second-order valence-electron chi connectivity index (χ2n) is 6.28. The van der Waals surface area contributed by atoms with Crippen LogP contribution in [0.5, 0.6) is 0 Å². The maximum Gasteiger partial charge on any atom is 0.211 e. The molecule has 0 amide bonds. The Hall–Kier alpha value is -0.130. The highest BCUT2D eigenvalue weighted by molar-refractivity contribution is 7.88. The molecule has 2 rings (SSSR count). The van der Waals surface area contributed by atoms with E-state index in [1.54, 1.807) is 4.31 Å². The molecule has 0 aromatic rings. The van der Waals surface area contributed by atoms with Crippen LogP contribution < -0.4 is 5.32 Å². The molecule has 0 bridgehead atoms. The monoisotopic (exact) mass is 260 g/mol. The number of hydrogen-bond acceptors (Lipinski definition) is 3. The molecule has 2 atom stereocenters. The molecule has 2 aliphatic rings. The molecule has 2 unspecified atom stereocenters. The maximum absolute atomic E-state index is 11.5. The van der Waals surface area contributed by atoms with Crippen LogP contribution in [0.25, 0.3) is 0 Å². The zero-order valence-corrected chi connectivity index (χ0v) is 11.9. The average Bonchev–Trinajstić information content (AvgIpc) is 2.83. The molecule has 2 fully saturated rings. The zero-order chi connectivity index (χ0) is 12.7. The van der Waals surface area contributed by atoms with Crippen LogP contribution >= 0.6 is 0 Å². The van der Waals surface area contributed by atoms with Crippen LogP contribution in [0, 0.1) is 11.3 Å². The predicted molar refractivity (Wildman–Crippen MR) is 69.3 cm³/mol. The van der Waals surface area contributed by atoms with Crippen molar-refractivity contribution in [1.82, 2.24) is 9.62 Å². The molecular formula is C12H24N2O2S. The third-order valence-corrected chi connectivity index (χ3v) is 5.39. The number of hydrogen-bond donors (Lipinski definition) is 1. The van der Waals surface area contributed by atoms with Crippen molar-refractivity contribution >= 4 is 10.0 Å². The number of rotatable bonds is 4. The fourth-order valence-electron chi connectivity index (χ4n) is 2.62. The summed E-state index contributed by atoms with van der Waals surface area (Å²) < 4.78 is 24.6. The van der Waals surface area contributed by atoms with Crippen molar-refractivity contribution in [3.63, 3.8) is 0 Å². The van der Waals surface area contributed by atoms with Crippen LogP contribution in [0.2, 0.25) is 0 Å². The zero-order valence-electron chi connectivity index (χ0n) is 11.1. The predicted octanol–water partition coefficient (Wildman–Crippen LogP) is 1.05. The van der Waals surface area contributed by atoms with Gasteiger partial charge in [-0.2, -0.15) is 0 Å². The first-order valence-corrected chi connectivity index (χ1v) is 8.32. The third-order valence-electron chi connectivity index (χ3n) is 4.12. The first-order chi connectivity index (χ1) is 7.79. The molecule has 0 spiro atoms. The van der Waals surface area contributed by atoms with Crippen LogP contribution in [-0.2, 0) is 10.0 Å². The van der Waals surface area contributed by atoms with E-state index in [-0.39, 0.29) is 0 Å². The highest BCUT2D eigenvalue weighted by Crippen LogP contribution is 2.44. The van der Waals surface area contributed by atoms with E-state index in [2.05, 4.69) is 19.2 Å². The topological polar surface area (TPSA) is 49.4 Å². The van der Waals surface area contributed by atoms with Crippen molar-refractivity contribution in [2.45, 2.75) is 39.2 Å². The summed E-state index contributed by atoms with van der Waals surface area (Å²) >= 11 is 0. The molecule has 1 aliphatic heterocycles. The summed E-state index contributed by atoms with van der Waals surface area (Å²) in [6.07, 6.45) is 4.70. The molecule has 1 heterocycles. The fourth-order valence-corrected chi connectivity index (χ4v) is 3.56. The number of sulfonamides is 1. The van der Waals surface area contributed by atoms with Gasteiger partial charge in [0, 0.05) is 19.1 Å². The first-order valence-electron chi connectivity index (χ1n) is 6.47. The lowest BCUT2D eigenvalue weighted by molar-refractivity contribution is 0.259. The van der Waals surface area contributed by atoms with Gasteiger partial charge in [-0.25, -0.2) is 12.7 Å². The van der Waals surface area contributed by atoms with Crippen molar-refractivity contribution < 1.29 is 8.42 Å². The molecule has 100 valence electrons. The number of nitrogens with zero attached hydrogens (tertiary/aromatic N) is 1. The molecule has 1 N–H and O–H groups in total. The van der Waals surface area contributed by atoms with Crippen molar-refractivity contribution in [2.24, 2.45) is 11.3 Å². The van der Waals surface area contributed by atoms with Gasteiger partial charge < -0.3 is 5.32 Å². The first kappa shape index (κ1) is 13.3. The summed E-state index contributed by atoms with van der Waals surface area (Å²) in [7, 11) is -3.00. The van der Waals surface area contributed by atoms with Crippen LogP contribution in [0.1, 0.15) is 33.1 Å². The van der Waals surface area contributed by atoms with Gasteiger partial charge in [-0.3, -0.25) is 0 Å². The van der Waals surface area contributed by atoms with E-state index in [0.29, 0.717) is 30.5 Å². The lowest BCUT2D eigenvalue weighted by atomic mass is 9.99. The Balaban J connectivity index is 1.78. The Morgan fingerprint density at radius 3 is 2.59 bits per heavy atom. The lowest BCUT2D eigenvalue weighted by Crippen LogP contribution is -2.42. The maximum atomic E-state index is 11.5. The van der Waals surface area contributed by atoms with Gasteiger partial charge in [0.15, 0.2) is 0 Å². The Labute approximate surface area is 105 Å². The SMILES string of the molecule is CC1(C)CC1NCC1CCCN(S(C)(=O)=O)C1. The van der Waals surface area contributed by atoms with E-state index in [9.17, 15) is 8.42 Å². The van der Waals surface area contributed by atoms with Gasteiger partial charge in [-0.05, 0) is 37.1 Å². The van der Waals surface area contributed by atoms with Gasteiger partial charge in [0.25, 0.3) is 0 Å². The second kappa shape index (κ2) is 4.52. The van der Waals surface area contributed by atoms with E-state index in [0.717, 1.165) is 19.4 Å². The van der Waals surface area contributed by atoms with Crippen molar-refractivity contribution in [2.75, 3.05) is 25.9 Å². The Morgan fingerprint density at radius 1 is 1.41 bits per heavy atom. The quantitative estimate of drug-likeness (QED) is 0.822. The number of piperidine rings is 1. The van der Waals surface area contributed by atoms with E-state index >= 15 is 0 Å². The summed E-state index contributed by atoms with van der Waals surface area (Å²) in [6, 6.07) is 0.635. The molecule has 5 heteroatoms. The van der Waals surface area contributed by atoms with Crippen LogP contribution in [0.3, 0.4) is 0 Å². The van der Waals surface area contributed by atoms with Crippen molar-refractivity contribution in [3.8, 4) is 0 Å². The largest absolute Gasteiger partial charge is 0.313 e. The molecule has 4 nitrogen and oxygen atoms in total. The third kappa shape index (κ3) is 3.42. The van der Waals surface area contributed by atoms with Crippen molar-refractivity contribution in [1.29, 1.82) is 0 Å². The Bertz CT molecular complexity index is 378. The van der Waals surface area contributed by atoms with Gasteiger partial charge in [-0.15, -0.1) is 0 Å². The van der Waals surface area contributed by atoms with E-state index in [1.807, 2.05) is 0 Å². The number of nitrogens with one attached hydrogen (secondary N) is 1. The minimum atomic E-state index is -3.00. The van der Waals surface area contributed by atoms with Crippen LogP contribution in [0.15, 0.2) is 0 Å². The van der Waals surface area contributed by atoms with E-state index < -0.39 is 10.0 Å². The van der Waals surface area contributed by atoms with Gasteiger partial charge in [0.05, 0.1) is 6.26 Å². The van der Waals surface area contributed by atoms with Crippen molar-refractivity contribution in [3.05, 3.63) is 0 Å². The van der Waals surface area contributed by atoms with Crippen LogP contribution in [-0.4, -0.2) is 44.7 Å². The standard InChI is InChI=1S/C12H24N2O2S/c1-12(2)7-11(12)13-8-10-5-4-6-14(9-10)17(3,15)16/h10-11,13H,4-9H2,1-3H3. The molecule has 1 saturated carbocycles. The molecule has 1 saturated heterocycles. The summed E-state index contributed by atoms with van der Waals surface area (Å²) in [5.74, 6) is 0.481. The summed E-state index contributed by atoms with van der Waals surface area (Å²) in [6.45, 7) is 6.89. The lowest BCUT2D eigenvalue weighted by Gasteiger charge is -2.31. The second-order valence-corrected chi connectivity index (χ2v) is 8.27. The molecule has 0 radical (unpaired) electrons. The molecular weight excluding hydrogens is 236 g/mol. The summed E-state index contributed by atoms with van der Waals surface area (Å²) in [5, 5.41) is 3.57. The smallest absolute Gasteiger partial charge is 0.211 e. The molecule has 17 heavy (non-hydrogen) atoms. The average molecular weight is 260 g/mol. The summed E-state index contributed by atoms with van der Waals surface area (Å²) in [4.78, 5) is 0. The van der Waals surface area contributed by atoms with Gasteiger partial charge in [0.2, 0.25) is 10.0 Å². The summed E-state index contributed by atoms with van der Waals surface area (Å²) in [5.41, 5.74) is 0.450. The minimum absolute atomic E-state index is 0.450. The van der Waals surface area contributed by atoms with Gasteiger partial charge >= 0.3 is 0 Å². The Morgan fingerprint density at radius 2 is 2.06 bits per heavy atom. The van der Waals surface area contributed by atoms with E-state index in [1.165, 1.54) is 12.7 Å². The highest BCUT2D eigenvalue weighted by atomic mass is 32.2. The van der Waals surface area contributed by atoms with Crippen LogP contribution in [0.4, 0.5) is 0 Å². The van der Waals surface area contributed by atoms with Gasteiger partial charge in [-0.1, -0.05) is 13.8 Å². The molecule has 1 aliphatic carbocycles. The molecule has 0 aromatic heterocycles. The normalized spacial score (nSPS) is 33.6. The Kier molecular flexibility index (Phi) is 3.54. The van der Waals surface area contributed by atoms with Gasteiger partial charge in [0.1, 0.15) is 0 Å². The minimum Gasteiger partial charge on any atom is -0.313 e. The fraction of sp³-hybridized carbons (Fsp3) is 1.00.